The zero-order chi connectivity index (χ0) is 10.7. The van der Waals surface area contributed by atoms with Gasteiger partial charge in [-0.15, -0.1) is 0 Å². The second kappa shape index (κ2) is 4.28. The molecule has 0 radical (unpaired) electrons. The largest absolute Gasteiger partial charge is 0.305 e. The summed E-state index contributed by atoms with van der Waals surface area (Å²) in [5.74, 6) is -0.998. The predicted molar refractivity (Wildman–Crippen MR) is 51.1 cm³/mol. The monoisotopic (exact) mass is 261 g/mol. The zero-order valence-electron chi connectivity index (χ0n) is 6.87. The van der Waals surface area contributed by atoms with Crippen LogP contribution in [0.3, 0.4) is 0 Å². The van der Waals surface area contributed by atoms with Crippen LogP contribution in [0.15, 0.2) is 12.1 Å². The van der Waals surface area contributed by atoms with Crippen molar-refractivity contribution in [2.45, 2.75) is 5.33 Å². The van der Waals surface area contributed by atoms with Crippen LogP contribution in [0.4, 0.5) is 10.1 Å². The Morgan fingerprint density at radius 3 is 2.64 bits per heavy atom. The van der Waals surface area contributed by atoms with Crippen molar-refractivity contribution in [2.24, 2.45) is 0 Å². The first-order valence-corrected chi connectivity index (χ1v) is 4.70. The van der Waals surface area contributed by atoms with Gasteiger partial charge < -0.3 is 0 Å². The van der Waals surface area contributed by atoms with Gasteiger partial charge in [0.25, 0.3) is 0 Å². The number of alkyl halides is 1. The van der Waals surface area contributed by atoms with E-state index < -0.39 is 16.4 Å². The Labute approximate surface area is 87.0 Å². The number of nitro groups is 1. The summed E-state index contributed by atoms with van der Waals surface area (Å²) in [5.41, 5.74) is -0.108. The van der Waals surface area contributed by atoms with Gasteiger partial charge in [0, 0.05) is 17.0 Å². The molecule has 1 rings (SSSR count). The van der Waals surface area contributed by atoms with Crippen molar-refractivity contribution < 1.29 is 14.1 Å². The molecule has 0 aromatic heterocycles. The fraction of sp³-hybridized carbons (Fsp3) is 0.125. The molecule has 0 bridgehead atoms. The molecule has 4 nitrogen and oxygen atoms in total. The smallest absolute Gasteiger partial charge is 0.298 e. The van der Waals surface area contributed by atoms with Gasteiger partial charge >= 0.3 is 5.69 Å². The highest BCUT2D eigenvalue weighted by Gasteiger charge is 2.17. The molecule has 0 fully saturated rings. The van der Waals surface area contributed by atoms with Crippen LogP contribution < -0.4 is 0 Å². The highest BCUT2D eigenvalue weighted by atomic mass is 79.9. The Morgan fingerprint density at radius 1 is 1.57 bits per heavy atom. The molecule has 1 aromatic rings. The van der Waals surface area contributed by atoms with Gasteiger partial charge in [-0.2, -0.15) is 4.39 Å². The van der Waals surface area contributed by atoms with E-state index in [1.807, 2.05) is 0 Å². The molecule has 1 aromatic carbocycles. The average Bonchev–Trinajstić information content (AvgIpc) is 2.16. The number of hydrogen-bond acceptors (Lipinski definition) is 3. The number of halogens is 2. The standard InChI is InChI=1S/C8H5BrFNO3/c9-3-5-2-8(11(13)14)7(10)1-6(5)4-12/h1-2,4H,3H2. The molecule has 0 amide bonds. The molecule has 0 N–H and O–H groups in total. The SMILES string of the molecule is O=Cc1cc(F)c([N+](=O)[O-])cc1CBr. The van der Waals surface area contributed by atoms with Crippen LogP contribution in [0.1, 0.15) is 15.9 Å². The summed E-state index contributed by atoms with van der Waals surface area (Å²) in [7, 11) is 0. The number of carbonyl (C=O) groups is 1. The van der Waals surface area contributed by atoms with Gasteiger partial charge in [-0.3, -0.25) is 14.9 Å². The van der Waals surface area contributed by atoms with Crippen molar-refractivity contribution in [3.8, 4) is 0 Å². The first-order chi connectivity index (χ1) is 6.60. The molecule has 0 unspecified atom stereocenters. The van der Waals surface area contributed by atoms with Crippen molar-refractivity contribution in [1.82, 2.24) is 0 Å². The highest BCUT2D eigenvalue weighted by molar-refractivity contribution is 9.08. The first-order valence-electron chi connectivity index (χ1n) is 3.58. The number of nitrogens with zero attached hydrogens (tertiary/aromatic N) is 1. The number of hydrogen-bond donors (Lipinski definition) is 0. The predicted octanol–water partition coefficient (Wildman–Crippen LogP) is 2.44. The topological polar surface area (TPSA) is 60.2 Å². The summed E-state index contributed by atoms with van der Waals surface area (Å²) in [5, 5.41) is 10.6. The van der Waals surface area contributed by atoms with E-state index in [1.54, 1.807) is 0 Å². The summed E-state index contributed by atoms with van der Waals surface area (Å²) >= 11 is 3.05. The van der Waals surface area contributed by atoms with Crippen LogP contribution in [0.25, 0.3) is 0 Å². The third kappa shape index (κ3) is 1.95. The van der Waals surface area contributed by atoms with Crippen molar-refractivity contribution in [3.63, 3.8) is 0 Å². The minimum atomic E-state index is -0.998. The second-order valence-electron chi connectivity index (χ2n) is 2.51. The minimum absolute atomic E-state index is 0.116. The number of benzene rings is 1. The molecule has 74 valence electrons. The van der Waals surface area contributed by atoms with E-state index in [2.05, 4.69) is 15.9 Å². The van der Waals surface area contributed by atoms with E-state index >= 15 is 0 Å². The molecule has 0 saturated heterocycles. The van der Waals surface area contributed by atoms with Gasteiger partial charge in [0.1, 0.15) is 6.29 Å². The van der Waals surface area contributed by atoms with Crippen molar-refractivity contribution in [1.29, 1.82) is 0 Å². The first kappa shape index (κ1) is 10.8. The quantitative estimate of drug-likeness (QED) is 0.364. The van der Waals surface area contributed by atoms with Gasteiger partial charge in [-0.05, 0) is 11.6 Å². The maximum atomic E-state index is 13.0. The lowest BCUT2D eigenvalue weighted by atomic mass is 10.1. The summed E-state index contributed by atoms with van der Waals surface area (Å²) in [6, 6.07) is 1.91. The lowest BCUT2D eigenvalue weighted by Crippen LogP contribution is -1.98. The van der Waals surface area contributed by atoms with E-state index in [-0.39, 0.29) is 10.9 Å². The molecule has 0 heterocycles. The summed E-state index contributed by atoms with van der Waals surface area (Å²) < 4.78 is 13.0. The maximum absolute atomic E-state index is 13.0. The van der Waals surface area contributed by atoms with Crippen LogP contribution in [-0.4, -0.2) is 11.2 Å². The lowest BCUT2D eigenvalue weighted by Gasteiger charge is -2.01. The fourth-order valence-electron chi connectivity index (χ4n) is 0.986. The van der Waals surface area contributed by atoms with Gasteiger partial charge in [0.2, 0.25) is 5.82 Å². The third-order valence-electron chi connectivity index (χ3n) is 1.68. The van der Waals surface area contributed by atoms with Crippen LogP contribution in [-0.2, 0) is 5.33 Å². The normalized spacial score (nSPS) is 9.86. The Kier molecular flexibility index (Phi) is 3.29. The number of nitro benzene ring substituents is 1. The molecule has 0 aliphatic heterocycles. The van der Waals surface area contributed by atoms with Crippen LogP contribution in [0.2, 0.25) is 0 Å². The van der Waals surface area contributed by atoms with E-state index in [0.29, 0.717) is 11.8 Å². The van der Waals surface area contributed by atoms with Gasteiger partial charge in [0.15, 0.2) is 0 Å². The van der Waals surface area contributed by atoms with Crippen LogP contribution in [0.5, 0.6) is 0 Å². The molecule has 14 heavy (non-hydrogen) atoms. The molecule has 0 atom stereocenters. The van der Waals surface area contributed by atoms with Gasteiger partial charge in [0.05, 0.1) is 4.92 Å². The van der Waals surface area contributed by atoms with E-state index in [4.69, 9.17) is 0 Å². The van der Waals surface area contributed by atoms with Crippen LogP contribution in [0, 0.1) is 15.9 Å². The van der Waals surface area contributed by atoms with E-state index in [0.717, 1.165) is 12.1 Å². The molecule has 6 heteroatoms. The number of carbonyl (C=O) groups excluding carboxylic acids is 1. The van der Waals surface area contributed by atoms with Gasteiger partial charge in [-0.1, -0.05) is 15.9 Å². The second-order valence-corrected chi connectivity index (χ2v) is 3.07. The zero-order valence-corrected chi connectivity index (χ0v) is 8.45. The Morgan fingerprint density at radius 2 is 2.21 bits per heavy atom. The number of rotatable bonds is 3. The molecule has 0 aliphatic rings. The summed E-state index contributed by atoms with van der Waals surface area (Å²) in [6.07, 6.45) is 0.462. The highest BCUT2D eigenvalue weighted by Crippen LogP contribution is 2.22. The molecule has 0 saturated carbocycles. The molecule has 0 aliphatic carbocycles. The minimum Gasteiger partial charge on any atom is -0.298 e. The maximum Gasteiger partial charge on any atom is 0.305 e. The molecular weight excluding hydrogens is 257 g/mol. The van der Waals surface area contributed by atoms with E-state index in [1.165, 1.54) is 0 Å². The third-order valence-corrected chi connectivity index (χ3v) is 2.28. The van der Waals surface area contributed by atoms with Crippen LogP contribution >= 0.6 is 15.9 Å². The van der Waals surface area contributed by atoms with Crippen molar-refractivity contribution in [3.05, 3.63) is 39.2 Å². The van der Waals surface area contributed by atoms with Gasteiger partial charge in [-0.25, -0.2) is 0 Å². The Bertz CT molecular complexity index is 394. The lowest BCUT2D eigenvalue weighted by molar-refractivity contribution is -0.387. The van der Waals surface area contributed by atoms with Crippen molar-refractivity contribution >= 4 is 27.9 Å². The summed E-state index contributed by atoms with van der Waals surface area (Å²) in [4.78, 5) is 20.0. The Balaban J connectivity index is 3.37. The fourth-order valence-corrected chi connectivity index (χ4v) is 1.47. The molecular formula is C8H5BrFNO3. The average molecular weight is 262 g/mol. The Hall–Kier alpha value is -1.30. The molecule has 0 spiro atoms. The number of aldehydes is 1. The van der Waals surface area contributed by atoms with Crippen molar-refractivity contribution in [2.75, 3.05) is 0 Å². The van der Waals surface area contributed by atoms with E-state index in [9.17, 15) is 19.3 Å². The summed E-state index contributed by atoms with van der Waals surface area (Å²) in [6.45, 7) is 0.